The molecule has 34 heavy (non-hydrogen) atoms. The van der Waals surface area contributed by atoms with Gasteiger partial charge in [0.1, 0.15) is 23.2 Å². The van der Waals surface area contributed by atoms with E-state index in [0.29, 0.717) is 45.6 Å². The first kappa shape index (κ1) is 25.5. The van der Waals surface area contributed by atoms with Gasteiger partial charge in [0.2, 0.25) is 0 Å². The monoisotopic (exact) mass is 478 g/mol. The molecule has 2 heterocycles. The van der Waals surface area contributed by atoms with Crippen molar-refractivity contribution in [2.45, 2.75) is 37.5 Å². The maximum absolute atomic E-state index is 15.5. The number of esters is 1. The first-order chi connectivity index (χ1) is 16.3. The molecule has 2 aliphatic rings. The molecule has 0 unspecified atom stereocenters. The number of carbonyl (C=O) groups is 2. The Kier molecular flexibility index (Phi) is 8.49. The molecule has 0 aromatic heterocycles. The molecular weight excluding hydrogens is 446 g/mol. The maximum atomic E-state index is 15.5. The van der Waals surface area contributed by atoms with E-state index in [2.05, 4.69) is 0 Å². The number of likely N-dealkylation sites (tertiary alicyclic amines) is 2. The van der Waals surface area contributed by atoms with Gasteiger partial charge in [-0.3, -0.25) is 9.69 Å². The fraction of sp³-hybridized carbons (Fsp3) is 0.500. The number of nitrogens with zero attached hydrogens (tertiary/aromatic N) is 2. The summed E-state index contributed by atoms with van der Waals surface area (Å²) in [4.78, 5) is 28.5. The Morgan fingerprint density at radius 1 is 1.18 bits per heavy atom. The molecule has 2 aliphatic heterocycles. The number of ether oxygens (including phenoxy) is 2. The van der Waals surface area contributed by atoms with E-state index in [1.807, 2.05) is 4.90 Å². The Morgan fingerprint density at radius 2 is 1.85 bits per heavy atom. The van der Waals surface area contributed by atoms with E-state index >= 15 is 4.39 Å². The minimum Gasteiger partial charge on any atom is -0.489 e. The van der Waals surface area contributed by atoms with Crippen LogP contribution >= 0.6 is 0 Å². The number of amides is 1. The molecule has 1 amide bonds. The molecule has 0 spiro atoms. The average Bonchev–Trinajstić information content (AvgIpc) is 2.85. The third kappa shape index (κ3) is 6.05. The first-order valence-corrected chi connectivity index (χ1v) is 11.3. The second-order valence-corrected chi connectivity index (χ2v) is 8.58. The summed E-state index contributed by atoms with van der Waals surface area (Å²) in [5.41, 5.74) is 9.95. The molecule has 1 aromatic carbocycles. The van der Waals surface area contributed by atoms with Gasteiger partial charge in [0.15, 0.2) is 5.67 Å². The lowest BCUT2D eigenvalue weighted by atomic mass is 9.90. The van der Waals surface area contributed by atoms with Gasteiger partial charge in [-0.1, -0.05) is 0 Å². The molecule has 8 nitrogen and oxygen atoms in total. The quantitative estimate of drug-likeness (QED) is 0.456. The smallest absolute Gasteiger partial charge is 0.341 e. The summed E-state index contributed by atoms with van der Waals surface area (Å²) in [5.74, 6) is -1.53. The minimum atomic E-state index is -1.89. The molecule has 10 heteroatoms. The van der Waals surface area contributed by atoms with E-state index < -0.39 is 23.4 Å². The van der Waals surface area contributed by atoms with Gasteiger partial charge in [0.05, 0.1) is 7.11 Å². The predicted octanol–water partition coefficient (Wildman–Crippen LogP) is 2.10. The standard InChI is InChI=1S/C24H32F2N4O4/c1-33-22(31)20-14-18(25)2-3-21(20)34-19-5-10-30(11-6-19)23(32)24(26)7-12-29(13-8-24)16-17(15-28)4-9-27/h2-4,9,14-15,19H,5-8,10-13,16,27-28H2,1H3/b9-4-,17-15+. The van der Waals surface area contributed by atoms with E-state index in [4.69, 9.17) is 20.9 Å². The van der Waals surface area contributed by atoms with Crippen molar-refractivity contribution in [1.82, 2.24) is 9.80 Å². The largest absolute Gasteiger partial charge is 0.489 e. The summed E-state index contributed by atoms with van der Waals surface area (Å²) in [6, 6.07) is 3.66. The Bertz CT molecular complexity index is 937. The summed E-state index contributed by atoms with van der Waals surface area (Å²) in [7, 11) is 1.21. The Hall–Kier alpha value is -3.14. The highest BCUT2D eigenvalue weighted by Crippen LogP contribution is 2.31. The van der Waals surface area contributed by atoms with Crippen LogP contribution in [0.15, 0.2) is 42.2 Å². The molecule has 4 N–H and O–H groups in total. The van der Waals surface area contributed by atoms with Gasteiger partial charge in [-0.15, -0.1) is 0 Å². The highest BCUT2D eigenvalue weighted by Gasteiger charge is 2.44. The zero-order valence-corrected chi connectivity index (χ0v) is 19.3. The molecule has 0 aliphatic carbocycles. The van der Waals surface area contributed by atoms with Crippen LogP contribution in [0.5, 0.6) is 5.75 Å². The number of alkyl halides is 1. The van der Waals surface area contributed by atoms with E-state index in [0.717, 1.165) is 11.6 Å². The SMILES string of the molecule is COC(=O)c1cc(F)ccc1OC1CCN(C(=O)C2(F)CCN(CC(/C=C\N)=C/N)CC2)CC1. The van der Waals surface area contributed by atoms with Crippen LogP contribution in [-0.4, -0.2) is 73.3 Å². The van der Waals surface area contributed by atoms with Crippen LogP contribution in [0, 0.1) is 5.82 Å². The van der Waals surface area contributed by atoms with Crippen LogP contribution in [0.3, 0.4) is 0 Å². The van der Waals surface area contributed by atoms with Crippen LogP contribution in [0.1, 0.15) is 36.0 Å². The molecule has 0 bridgehead atoms. The van der Waals surface area contributed by atoms with Gasteiger partial charge in [0.25, 0.3) is 5.91 Å². The lowest BCUT2D eigenvalue weighted by Crippen LogP contribution is -2.54. The van der Waals surface area contributed by atoms with Crippen LogP contribution in [0.2, 0.25) is 0 Å². The molecule has 3 rings (SSSR count). The normalized spacial score (nSPS) is 19.9. The Balaban J connectivity index is 1.53. The van der Waals surface area contributed by atoms with Gasteiger partial charge in [-0.25, -0.2) is 13.6 Å². The number of rotatable bonds is 7. The fourth-order valence-corrected chi connectivity index (χ4v) is 4.34. The highest BCUT2D eigenvalue weighted by molar-refractivity contribution is 5.92. The van der Waals surface area contributed by atoms with Crippen LogP contribution in [0.4, 0.5) is 8.78 Å². The third-order valence-electron chi connectivity index (χ3n) is 6.33. The van der Waals surface area contributed by atoms with Crippen molar-refractivity contribution in [2.24, 2.45) is 11.5 Å². The zero-order chi connectivity index (χ0) is 24.7. The second-order valence-electron chi connectivity index (χ2n) is 8.58. The van der Waals surface area contributed by atoms with Crippen LogP contribution in [-0.2, 0) is 9.53 Å². The lowest BCUT2D eigenvalue weighted by molar-refractivity contribution is -0.149. The molecule has 2 saturated heterocycles. The van der Waals surface area contributed by atoms with E-state index in [-0.39, 0.29) is 30.3 Å². The van der Waals surface area contributed by atoms with Crippen molar-refractivity contribution >= 4 is 11.9 Å². The predicted molar refractivity (Wildman–Crippen MR) is 123 cm³/mol. The molecule has 2 fully saturated rings. The first-order valence-electron chi connectivity index (χ1n) is 11.3. The van der Waals surface area contributed by atoms with Crippen molar-refractivity contribution in [3.63, 3.8) is 0 Å². The number of carbonyl (C=O) groups excluding carboxylic acids is 2. The van der Waals surface area contributed by atoms with Crippen LogP contribution in [0.25, 0.3) is 0 Å². The molecular formula is C24H32F2N4O4. The Morgan fingerprint density at radius 3 is 2.44 bits per heavy atom. The van der Waals surface area contributed by atoms with E-state index in [1.165, 1.54) is 31.6 Å². The molecule has 0 atom stereocenters. The van der Waals surface area contributed by atoms with Crippen molar-refractivity contribution < 1.29 is 27.8 Å². The minimum absolute atomic E-state index is 0.00469. The third-order valence-corrected chi connectivity index (χ3v) is 6.33. The summed E-state index contributed by atoms with van der Waals surface area (Å²) >= 11 is 0. The van der Waals surface area contributed by atoms with Gasteiger partial charge < -0.3 is 25.8 Å². The fourth-order valence-electron chi connectivity index (χ4n) is 4.34. The van der Waals surface area contributed by atoms with Crippen molar-refractivity contribution in [2.75, 3.05) is 39.8 Å². The second kappa shape index (κ2) is 11.3. The number of hydrogen-bond acceptors (Lipinski definition) is 7. The van der Waals surface area contributed by atoms with Crippen molar-refractivity contribution in [3.05, 3.63) is 53.6 Å². The van der Waals surface area contributed by atoms with E-state index in [9.17, 15) is 14.0 Å². The number of hydrogen-bond donors (Lipinski definition) is 2. The number of benzene rings is 1. The van der Waals surface area contributed by atoms with Crippen molar-refractivity contribution in [1.29, 1.82) is 0 Å². The molecule has 0 radical (unpaired) electrons. The summed E-state index contributed by atoms with van der Waals surface area (Å²) < 4.78 is 39.7. The molecule has 1 aromatic rings. The van der Waals surface area contributed by atoms with E-state index in [1.54, 1.807) is 11.0 Å². The number of nitrogens with two attached hydrogens (primary N) is 2. The topological polar surface area (TPSA) is 111 Å². The summed E-state index contributed by atoms with van der Waals surface area (Å²) in [6.45, 7) is 2.12. The van der Waals surface area contributed by atoms with Gasteiger partial charge in [0, 0.05) is 58.4 Å². The molecule has 186 valence electrons. The van der Waals surface area contributed by atoms with Gasteiger partial charge >= 0.3 is 5.97 Å². The Labute approximate surface area is 198 Å². The summed E-state index contributed by atoms with van der Waals surface area (Å²) in [6.07, 6.45) is 5.48. The number of piperidine rings is 2. The zero-order valence-electron chi connectivity index (χ0n) is 19.3. The lowest BCUT2D eigenvalue weighted by Gasteiger charge is -2.40. The maximum Gasteiger partial charge on any atom is 0.341 e. The van der Waals surface area contributed by atoms with Crippen LogP contribution < -0.4 is 16.2 Å². The number of methoxy groups -OCH3 is 1. The summed E-state index contributed by atoms with van der Waals surface area (Å²) in [5, 5.41) is 0. The molecule has 0 saturated carbocycles. The van der Waals surface area contributed by atoms with Crippen molar-refractivity contribution in [3.8, 4) is 5.75 Å². The van der Waals surface area contributed by atoms with Gasteiger partial charge in [-0.05, 0) is 42.2 Å². The van der Waals surface area contributed by atoms with Gasteiger partial charge in [-0.2, -0.15) is 0 Å². The average molecular weight is 479 g/mol. The highest BCUT2D eigenvalue weighted by atomic mass is 19.1. The number of halogens is 2.